The third-order valence-electron chi connectivity index (χ3n) is 4.31. The SMILES string of the molecule is NC1=NC[C@](c2cc(NC(=O)c3ccc(Br)cn3)ccc2F)(C(F)F)COC1. The summed E-state index contributed by atoms with van der Waals surface area (Å²) in [6, 6.07) is 6.58. The highest BCUT2D eigenvalue weighted by atomic mass is 79.9. The van der Waals surface area contributed by atoms with E-state index < -0.39 is 36.7 Å². The fraction of sp³-hybridized carbons (Fsp3) is 0.278. The van der Waals surface area contributed by atoms with Gasteiger partial charge in [0.05, 0.1) is 13.2 Å². The predicted octanol–water partition coefficient (Wildman–Crippen LogP) is 3.13. The Morgan fingerprint density at radius 2 is 2.11 bits per heavy atom. The van der Waals surface area contributed by atoms with Gasteiger partial charge in [0, 0.05) is 21.9 Å². The van der Waals surface area contributed by atoms with Gasteiger partial charge in [-0.3, -0.25) is 9.79 Å². The lowest BCUT2D eigenvalue weighted by Gasteiger charge is -2.31. The minimum absolute atomic E-state index is 0.0636. The third-order valence-corrected chi connectivity index (χ3v) is 4.78. The molecule has 0 spiro atoms. The van der Waals surface area contributed by atoms with Crippen molar-refractivity contribution in [1.29, 1.82) is 0 Å². The zero-order chi connectivity index (χ0) is 20.3. The van der Waals surface area contributed by atoms with Crippen molar-refractivity contribution in [2.45, 2.75) is 11.8 Å². The molecule has 3 rings (SSSR count). The number of halogens is 4. The number of carbonyl (C=O) groups excluding carboxylic acids is 1. The van der Waals surface area contributed by atoms with Crippen molar-refractivity contribution in [3.05, 3.63) is 58.1 Å². The number of amidine groups is 1. The van der Waals surface area contributed by atoms with Gasteiger partial charge in [0.25, 0.3) is 12.3 Å². The van der Waals surface area contributed by atoms with Crippen LogP contribution in [0.2, 0.25) is 0 Å². The van der Waals surface area contributed by atoms with E-state index in [1.165, 1.54) is 24.4 Å². The van der Waals surface area contributed by atoms with E-state index in [2.05, 4.69) is 31.2 Å². The molecule has 1 aromatic heterocycles. The summed E-state index contributed by atoms with van der Waals surface area (Å²) in [7, 11) is 0. The Hall–Kier alpha value is -2.46. The maximum atomic E-state index is 14.5. The molecule has 0 unspecified atom stereocenters. The number of benzene rings is 1. The minimum atomic E-state index is -2.96. The van der Waals surface area contributed by atoms with Gasteiger partial charge in [-0.25, -0.2) is 18.2 Å². The number of hydrogen-bond acceptors (Lipinski definition) is 5. The first-order chi connectivity index (χ1) is 13.3. The summed E-state index contributed by atoms with van der Waals surface area (Å²) >= 11 is 3.21. The molecule has 1 aliphatic heterocycles. The summed E-state index contributed by atoms with van der Waals surface area (Å²) in [5.41, 5.74) is 3.51. The number of pyridine rings is 1. The fourth-order valence-corrected chi connectivity index (χ4v) is 3.01. The van der Waals surface area contributed by atoms with Gasteiger partial charge in [-0.1, -0.05) is 0 Å². The van der Waals surface area contributed by atoms with Crippen LogP contribution in [-0.4, -0.2) is 42.9 Å². The van der Waals surface area contributed by atoms with E-state index in [0.29, 0.717) is 4.47 Å². The number of nitrogens with one attached hydrogen (secondary N) is 1. The maximum absolute atomic E-state index is 14.5. The van der Waals surface area contributed by atoms with Gasteiger partial charge in [-0.05, 0) is 46.3 Å². The molecule has 1 aliphatic rings. The molecule has 6 nitrogen and oxygen atoms in total. The Labute approximate surface area is 167 Å². The van der Waals surface area contributed by atoms with E-state index in [0.717, 1.165) is 6.07 Å². The normalized spacial score (nSPS) is 19.8. The van der Waals surface area contributed by atoms with Crippen LogP contribution in [0.4, 0.5) is 18.9 Å². The predicted molar refractivity (Wildman–Crippen MR) is 101 cm³/mol. The number of anilines is 1. The molecule has 1 atom stereocenters. The Bertz CT molecular complexity index is 908. The zero-order valence-corrected chi connectivity index (χ0v) is 16.0. The van der Waals surface area contributed by atoms with E-state index in [-0.39, 0.29) is 29.4 Å². The molecular weight excluding hydrogens is 441 g/mol. The lowest BCUT2D eigenvalue weighted by molar-refractivity contribution is -0.00102. The molecule has 0 saturated carbocycles. The highest BCUT2D eigenvalue weighted by Crippen LogP contribution is 2.36. The van der Waals surface area contributed by atoms with Gasteiger partial charge in [0.15, 0.2) is 0 Å². The van der Waals surface area contributed by atoms with Crippen LogP contribution in [0, 0.1) is 5.82 Å². The summed E-state index contributed by atoms with van der Waals surface area (Å²) in [5, 5.41) is 2.54. The van der Waals surface area contributed by atoms with Crippen LogP contribution >= 0.6 is 15.9 Å². The topological polar surface area (TPSA) is 89.6 Å². The molecule has 148 valence electrons. The van der Waals surface area contributed by atoms with Crippen molar-refractivity contribution in [2.75, 3.05) is 25.1 Å². The van der Waals surface area contributed by atoms with Crippen molar-refractivity contribution < 1.29 is 22.7 Å². The van der Waals surface area contributed by atoms with Crippen LogP contribution in [-0.2, 0) is 10.2 Å². The number of hydrogen-bond donors (Lipinski definition) is 2. The van der Waals surface area contributed by atoms with E-state index in [1.54, 1.807) is 6.07 Å². The van der Waals surface area contributed by atoms with Crippen molar-refractivity contribution in [2.24, 2.45) is 10.7 Å². The van der Waals surface area contributed by atoms with Crippen molar-refractivity contribution in [3.63, 3.8) is 0 Å². The maximum Gasteiger partial charge on any atom is 0.274 e. The van der Waals surface area contributed by atoms with Crippen LogP contribution in [0.15, 0.2) is 46.0 Å². The van der Waals surface area contributed by atoms with Crippen LogP contribution in [0.5, 0.6) is 0 Å². The lowest BCUT2D eigenvalue weighted by Crippen LogP contribution is -2.42. The van der Waals surface area contributed by atoms with E-state index in [9.17, 15) is 18.0 Å². The largest absolute Gasteiger partial charge is 0.386 e. The van der Waals surface area contributed by atoms with Crippen LogP contribution in [0.1, 0.15) is 16.1 Å². The molecule has 0 saturated heterocycles. The number of amides is 1. The molecule has 1 aromatic carbocycles. The molecule has 1 amide bonds. The van der Waals surface area contributed by atoms with Gasteiger partial charge in [-0.15, -0.1) is 0 Å². The molecule has 0 aliphatic carbocycles. The molecule has 2 aromatic rings. The average Bonchev–Trinajstić information content (AvgIpc) is 2.86. The molecule has 0 bridgehead atoms. The highest BCUT2D eigenvalue weighted by molar-refractivity contribution is 9.10. The Balaban J connectivity index is 1.93. The quantitative estimate of drug-likeness (QED) is 0.739. The zero-order valence-electron chi connectivity index (χ0n) is 14.5. The first kappa shape index (κ1) is 20.3. The van der Waals surface area contributed by atoms with Crippen LogP contribution in [0.3, 0.4) is 0 Å². The number of rotatable bonds is 4. The second-order valence-electron chi connectivity index (χ2n) is 6.27. The minimum Gasteiger partial charge on any atom is -0.386 e. The highest BCUT2D eigenvalue weighted by Gasteiger charge is 2.45. The Morgan fingerprint density at radius 1 is 1.32 bits per heavy atom. The average molecular weight is 457 g/mol. The smallest absolute Gasteiger partial charge is 0.274 e. The number of aliphatic imine (C=N–C) groups is 1. The van der Waals surface area contributed by atoms with E-state index in [4.69, 9.17) is 10.5 Å². The summed E-state index contributed by atoms with van der Waals surface area (Å²) in [6.45, 7) is -1.00. The number of nitrogens with zero attached hydrogens (tertiary/aromatic N) is 2. The second-order valence-corrected chi connectivity index (χ2v) is 7.18. The van der Waals surface area contributed by atoms with Crippen molar-refractivity contribution in [3.8, 4) is 0 Å². The number of alkyl halides is 2. The summed E-state index contributed by atoms with van der Waals surface area (Å²) in [4.78, 5) is 20.2. The molecular formula is C18H16BrF3N4O2. The van der Waals surface area contributed by atoms with Gasteiger partial charge in [0.2, 0.25) is 0 Å². The Morgan fingerprint density at radius 3 is 2.79 bits per heavy atom. The summed E-state index contributed by atoms with van der Waals surface area (Å²) in [6.07, 6.45) is -1.52. The first-order valence-electron chi connectivity index (χ1n) is 8.19. The standard InChI is InChI=1S/C18H16BrF3N4O2/c19-10-1-4-14(24-6-10)16(27)26-11-2-3-13(20)12(5-11)18(17(21)22)8-25-15(23)7-28-9-18/h1-6,17H,7-9H2,(H2,23,25)(H,26,27)/t18-/m0/s1. The number of carbonyl (C=O) groups is 1. The van der Waals surface area contributed by atoms with E-state index >= 15 is 0 Å². The second kappa shape index (κ2) is 8.27. The van der Waals surface area contributed by atoms with Crippen LogP contribution in [0.25, 0.3) is 0 Å². The van der Waals surface area contributed by atoms with Gasteiger partial charge < -0.3 is 15.8 Å². The van der Waals surface area contributed by atoms with E-state index in [1.807, 2.05) is 0 Å². The lowest BCUT2D eigenvalue weighted by atomic mass is 9.80. The molecule has 2 heterocycles. The van der Waals surface area contributed by atoms with Crippen molar-refractivity contribution in [1.82, 2.24) is 4.98 Å². The molecule has 3 N–H and O–H groups in total. The van der Waals surface area contributed by atoms with Gasteiger partial charge in [0.1, 0.15) is 29.4 Å². The molecule has 0 fully saturated rings. The van der Waals surface area contributed by atoms with Crippen LogP contribution < -0.4 is 11.1 Å². The molecule has 10 heteroatoms. The summed E-state index contributed by atoms with van der Waals surface area (Å²) < 4.78 is 48.4. The fourth-order valence-electron chi connectivity index (χ4n) is 2.77. The summed E-state index contributed by atoms with van der Waals surface area (Å²) in [5.74, 6) is -1.34. The van der Waals surface area contributed by atoms with Gasteiger partial charge in [-0.2, -0.15) is 0 Å². The molecule has 0 radical (unpaired) electrons. The third kappa shape index (κ3) is 4.17. The van der Waals surface area contributed by atoms with Crippen molar-refractivity contribution >= 4 is 33.4 Å². The first-order valence-corrected chi connectivity index (χ1v) is 8.99. The molecule has 28 heavy (non-hydrogen) atoms. The van der Waals surface area contributed by atoms with Gasteiger partial charge >= 0.3 is 0 Å². The number of nitrogens with two attached hydrogens (primary N) is 1. The number of ether oxygens (including phenoxy) is 1. The monoisotopic (exact) mass is 456 g/mol. The Kier molecular flexibility index (Phi) is 5.99. The number of aromatic nitrogens is 1.